The number of nitrogens with zero attached hydrogens (tertiary/aromatic N) is 1. The number of aromatic nitrogens is 1. The van der Waals surface area contributed by atoms with Gasteiger partial charge >= 0.3 is 0 Å². The van der Waals surface area contributed by atoms with E-state index in [1.165, 1.54) is 22.7 Å². The lowest BCUT2D eigenvalue weighted by Gasteiger charge is -2.31. The maximum Gasteiger partial charge on any atom is 0.0897 e. The van der Waals surface area contributed by atoms with Crippen molar-refractivity contribution in [2.45, 2.75) is 25.7 Å². The van der Waals surface area contributed by atoms with Gasteiger partial charge in [-0.25, -0.2) is 4.98 Å². The van der Waals surface area contributed by atoms with Crippen molar-refractivity contribution in [2.75, 3.05) is 13.1 Å². The van der Waals surface area contributed by atoms with Crippen molar-refractivity contribution in [3.8, 4) is 0 Å². The fourth-order valence-electron chi connectivity index (χ4n) is 2.99. The molecule has 0 spiro atoms. The zero-order valence-corrected chi connectivity index (χ0v) is 12.1. The van der Waals surface area contributed by atoms with Gasteiger partial charge in [-0.1, -0.05) is 30.3 Å². The highest BCUT2D eigenvalue weighted by atomic mass is 32.1. The van der Waals surface area contributed by atoms with Crippen LogP contribution in [0, 0.1) is 12.8 Å². The number of thiazole rings is 1. The minimum Gasteiger partial charge on any atom is -0.316 e. The average molecular weight is 272 g/mol. The second-order valence-electron chi connectivity index (χ2n) is 5.34. The van der Waals surface area contributed by atoms with Crippen LogP contribution in [0.2, 0.25) is 0 Å². The molecule has 0 aliphatic carbocycles. The highest BCUT2D eigenvalue weighted by molar-refractivity contribution is 7.09. The monoisotopic (exact) mass is 272 g/mol. The maximum atomic E-state index is 4.72. The maximum absolute atomic E-state index is 4.72. The van der Waals surface area contributed by atoms with Crippen LogP contribution in [-0.2, 0) is 6.42 Å². The second kappa shape index (κ2) is 5.85. The van der Waals surface area contributed by atoms with Crippen molar-refractivity contribution in [1.29, 1.82) is 0 Å². The summed E-state index contributed by atoms with van der Waals surface area (Å²) < 4.78 is 0. The molecule has 1 aromatic carbocycles. The normalized spacial score (nSPS) is 23.4. The molecular weight excluding hydrogens is 252 g/mol. The summed E-state index contributed by atoms with van der Waals surface area (Å²) in [5, 5.41) is 6.98. The van der Waals surface area contributed by atoms with Crippen LogP contribution in [0.15, 0.2) is 35.7 Å². The van der Waals surface area contributed by atoms with Gasteiger partial charge in [0.15, 0.2) is 0 Å². The standard InChI is InChI=1S/C16H20N2S/c1-12-18-16(11-19-12)15-7-8-17-10-14(15)9-13-5-3-2-4-6-13/h2-6,11,14-15,17H,7-10H2,1H3. The van der Waals surface area contributed by atoms with E-state index >= 15 is 0 Å². The molecule has 2 heterocycles. The minimum atomic E-state index is 0.617. The Morgan fingerprint density at radius 2 is 2.16 bits per heavy atom. The molecule has 19 heavy (non-hydrogen) atoms. The predicted molar refractivity (Wildman–Crippen MR) is 80.7 cm³/mol. The van der Waals surface area contributed by atoms with Crippen molar-refractivity contribution in [3.63, 3.8) is 0 Å². The van der Waals surface area contributed by atoms with Crippen molar-refractivity contribution >= 4 is 11.3 Å². The van der Waals surface area contributed by atoms with Gasteiger partial charge in [-0.3, -0.25) is 0 Å². The largest absolute Gasteiger partial charge is 0.316 e. The molecule has 2 unspecified atom stereocenters. The average Bonchev–Trinajstić information content (AvgIpc) is 2.87. The van der Waals surface area contributed by atoms with Gasteiger partial charge in [0.25, 0.3) is 0 Å². The number of rotatable bonds is 3. The minimum absolute atomic E-state index is 0.617. The molecule has 2 atom stereocenters. The molecule has 1 N–H and O–H groups in total. The smallest absolute Gasteiger partial charge is 0.0897 e. The molecule has 0 amide bonds. The fraction of sp³-hybridized carbons (Fsp3) is 0.438. The number of piperidine rings is 1. The number of aryl methyl sites for hydroxylation is 1. The molecule has 2 nitrogen and oxygen atoms in total. The van der Waals surface area contributed by atoms with Crippen LogP contribution in [0.25, 0.3) is 0 Å². The zero-order chi connectivity index (χ0) is 13.1. The SMILES string of the molecule is Cc1nc(C2CCNCC2Cc2ccccc2)cs1. The van der Waals surface area contributed by atoms with Crippen molar-refractivity contribution < 1.29 is 0 Å². The molecule has 3 rings (SSSR count). The van der Waals surface area contributed by atoms with Crippen LogP contribution in [0.5, 0.6) is 0 Å². The molecule has 0 radical (unpaired) electrons. The quantitative estimate of drug-likeness (QED) is 0.926. The first-order valence-electron chi connectivity index (χ1n) is 6.99. The molecule has 0 saturated carbocycles. The number of nitrogens with one attached hydrogen (secondary N) is 1. The van der Waals surface area contributed by atoms with Gasteiger partial charge in [0.05, 0.1) is 10.7 Å². The Morgan fingerprint density at radius 3 is 2.89 bits per heavy atom. The molecule has 1 fully saturated rings. The van der Waals surface area contributed by atoms with Gasteiger partial charge < -0.3 is 5.32 Å². The Labute approximate surface area is 118 Å². The molecule has 2 aromatic rings. The summed E-state index contributed by atoms with van der Waals surface area (Å²) in [6, 6.07) is 10.8. The Morgan fingerprint density at radius 1 is 1.32 bits per heavy atom. The van der Waals surface area contributed by atoms with Crippen LogP contribution in [0.1, 0.15) is 28.6 Å². The third kappa shape index (κ3) is 3.04. The van der Waals surface area contributed by atoms with E-state index in [1.807, 2.05) is 0 Å². The lowest BCUT2D eigenvalue weighted by Crippen LogP contribution is -2.36. The van der Waals surface area contributed by atoms with Gasteiger partial charge in [-0.2, -0.15) is 0 Å². The Kier molecular flexibility index (Phi) is 3.95. The molecule has 1 aliphatic heterocycles. The first kappa shape index (κ1) is 12.8. The van der Waals surface area contributed by atoms with Gasteiger partial charge in [-0.05, 0) is 44.3 Å². The van der Waals surface area contributed by atoms with E-state index in [1.54, 1.807) is 11.3 Å². The number of hydrogen-bond acceptors (Lipinski definition) is 3. The van der Waals surface area contributed by atoms with E-state index < -0.39 is 0 Å². The van der Waals surface area contributed by atoms with Crippen LogP contribution in [-0.4, -0.2) is 18.1 Å². The van der Waals surface area contributed by atoms with Crippen molar-refractivity contribution in [1.82, 2.24) is 10.3 Å². The third-order valence-electron chi connectivity index (χ3n) is 3.97. The fourth-order valence-corrected chi connectivity index (χ4v) is 3.67. The van der Waals surface area contributed by atoms with Gasteiger partial charge in [0, 0.05) is 11.3 Å². The summed E-state index contributed by atoms with van der Waals surface area (Å²) in [7, 11) is 0. The molecule has 1 saturated heterocycles. The van der Waals surface area contributed by atoms with E-state index in [9.17, 15) is 0 Å². The lowest BCUT2D eigenvalue weighted by atomic mass is 9.80. The molecule has 0 bridgehead atoms. The third-order valence-corrected chi connectivity index (χ3v) is 4.76. The lowest BCUT2D eigenvalue weighted by molar-refractivity contribution is 0.320. The molecule has 100 valence electrons. The molecule has 1 aliphatic rings. The van der Waals surface area contributed by atoms with Gasteiger partial charge in [0.2, 0.25) is 0 Å². The number of benzene rings is 1. The predicted octanol–water partition coefficient (Wildman–Crippen LogP) is 3.39. The van der Waals surface area contributed by atoms with Crippen molar-refractivity contribution in [2.24, 2.45) is 5.92 Å². The summed E-state index contributed by atoms with van der Waals surface area (Å²) in [6.45, 7) is 4.32. The zero-order valence-electron chi connectivity index (χ0n) is 11.3. The molecule has 1 aromatic heterocycles. The van der Waals surface area contributed by atoms with Crippen LogP contribution in [0.3, 0.4) is 0 Å². The first-order chi connectivity index (χ1) is 9.33. The van der Waals surface area contributed by atoms with E-state index in [4.69, 9.17) is 4.98 Å². The Hall–Kier alpha value is -1.19. The summed E-state index contributed by atoms with van der Waals surface area (Å²) in [6.07, 6.45) is 2.36. The van der Waals surface area contributed by atoms with Crippen LogP contribution >= 0.6 is 11.3 Å². The van der Waals surface area contributed by atoms with Crippen molar-refractivity contribution in [3.05, 3.63) is 52.0 Å². The molecule has 3 heteroatoms. The summed E-state index contributed by atoms with van der Waals surface area (Å²) in [5.41, 5.74) is 2.75. The second-order valence-corrected chi connectivity index (χ2v) is 6.40. The van der Waals surface area contributed by atoms with Crippen LogP contribution < -0.4 is 5.32 Å². The summed E-state index contributed by atoms with van der Waals surface area (Å²) in [4.78, 5) is 4.72. The van der Waals surface area contributed by atoms with Gasteiger partial charge in [-0.15, -0.1) is 11.3 Å². The van der Waals surface area contributed by atoms with E-state index in [-0.39, 0.29) is 0 Å². The highest BCUT2D eigenvalue weighted by Crippen LogP contribution is 2.33. The van der Waals surface area contributed by atoms with E-state index in [0.29, 0.717) is 11.8 Å². The highest BCUT2D eigenvalue weighted by Gasteiger charge is 2.28. The summed E-state index contributed by atoms with van der Waals surface area (Å²) >= 11 is 1.77. The van der Waals surface area contributed by atoms with Gasteiger partial charge in [0.1, 0.15) is 0 Å². The summed E-state index contributed by atoms with van der Waals surface area (Å²) in [5.74, 6) is 1.28. The van der Waals surface area contributed by atoms with E-state index in [0.717, 1.165) is 19.5 Å². The van der Waals surface area contributed by atoms with E-state index in [2.05, 4.69) is 48.0 Å². The topological polar surface area (TPSA) is 24.9 Å². The Balaban J connectivity index is 1.77. The van der Waals surface area contributed by atoms with Crippen LogP contribution in [0.4, 0.5) is 0 Å². The first-order valence-corrected chi connectivity index (χ1v) is 7.87. The number of hydrogen-bond donors (Lipinski definition) is 1. The molecular formula is C16H20N2S. The Bertz CT molecular complexity index is 521.